The van der Waals surface area contributed by atoms with Crippen LogP contribution in [0.25, 0.3) is 38.9 Å². The molecule has 2 N–H and O–H groups in total. The van der Waals surface area contributed by atoms with Crippen molar-refractivity contribution in [3.63, 3.8) is 0 Å². The molecule has 11 nitrogen and oxygen atoms in total. The normalized spacial score (nSPS) is 11.2. The first-order chi connectivity index (χ1) is 23.0. The standard InChI is InChI=1S/C36H35N9O2/c1-37-33-12-10-25-8-7-23(16-31(25)42-33)5-6-24-15-27(20-38-18-24)45-21-29(30-13-14-44(2)43-30)34-35(40-22-41-36(34)45)39-19-26-9-11-28(46-3)17-32(26)47-4/h7-18,20-22H,5-6,19H2,1-4H3,(H,37,42)(H,39,40,41). The van der Waals surface area contributed by atoms with E-state index >= 15 is 0 Å². The molecule has 47 heavy (non-hydrogen) atoms. The van der Waals surface area contributed by atoms with E-state index in [1.54, 1.807) is 25.2 Å². The van der Waals surface area contributed by atoms with Crippen LogP contribution in [-0.2, 0) is 26.4 Å². The highest BCUT2D eigenvalue weighted by Gasteiger charge is 2.20. The van der Waals surface area contributed by atoms with Gasteiger partial charge in [0.1, 0.15) is 29.5 Å². The van der Waals surface area contributed by atoms with Gasteiger partial charge in [-0.05, 0) is 66.4 Å². The summed E-state index contributed by atoms with van der Waals surface area (Å²) in [5.41, 5.74) is 7.72. The predicted octanol–water partition coefficient (Wildman–Crippen LogP) is 6.22. The Hall–Kier alpha value is -5.97. The lowest BCUT2D eigenvalue weighted by molar-refractivity contribution is 0.391. The van der Waals surface area contributed by atoms with Gasteiger partial charge in [-0.15, -0.1) is 0 Å². The van der Waals surface area contributed by atoms with Crippen molar-refractivity contribution >= 4 is 33.6 Å². The fourth-order valence-corrected chi connectivity index (χ4v) is 5.81. The molecule has 0 aliphatic heterocycles. The van der Waals surface area contributed by atoms with Gasteiger partial charge >= 0.3 is 0 Å². The molecule has 0 unspecified atom stereocenters. The largest absolute Gasteiger partial charge is 0.497 e. The number of ether oxygens (including phenoxy) is 2. The highest BCUT2D eigenvalue weighted by atomic mass is 16.5. The van der Waals surface area contributed by atoms with Gasteiger partial charge in [-0.3, -0.25) is 14.2 Å². The van der Waals surface area contributed by atoms with Gasteiger partial charge in [-0.2, -0.15) is 5.10 Å². The average Bonchev–Trinajstić information content (AvgIpc) is 3.73. The summed E-state index contributed by atoms with van der Waals surface area (Å²) in [6, 6.07) is 20.5. The first-order valence-corrected chi connectivity index (χ1v) is 15.4. The first-order valence-electron chi connectivity index (χ1n) is 15.4. The molecule has 0 aliphatic carbocycles. The van der Waals surface area contributed by atoms with Gasteiger partial charge in [0, 0.05) is 61.8 Å². The van der Waals surface area contributed by atoms with E-state index in [0.717, 1.165) is 80.2 Å². The van der Waals surface area contributed by atoms with E-state index < -0.39 is 0 Å². The van der Waals surface area contributed by atoms with Gasteiger partial charge in [-0.25, -0.2) is 15.0 Å². The Balaban J connectivity index is 1.21. The predicted molar refractivity (Wildman–Crippen MR) is 184 cm³/mol. The fraction of sp³-hybridized carbons (Fsp3) is 0.194. The van der Waals surface area contributed by atoms with E-state index in [1.165, 1.54) is 5.56 Å². The summed E-state index contributed by atoms with van der Waals surface area (Å²) >= 11 is 0. The maximum absolute atomic E-state index is 5.63. The maximum atomic E-state index is 5.63. The Bertz CT molecular complexity index is 2210. The number of aryl methyl sites for hydroxylation is 3. The number of hydrogen-bond acceptors (Lipinski definition) is 9. The number of pyridine rings is 2. The summed E-state index contributed by atoms with van der Waals surface area (Å²) in [5, 5.41) is 13.4. The van der Waals surface area contributed by atoms with Crippen LogP contribution in [0.2, 0.25) is 0 Å². The lowest BCUT2D eigenvalue weighted by Crippen LogP contribution is -2.05. The monoisotopic (exact) mass is 625 g/mol. The summed E-state index contributed by atoms with van der Waals surface area (Å²) in [5.74, 6) is 3.02. The Morgan fingerprint density at radius 2 is 1.74 bits per heavy atom. The zero-order chi connectivity index (χ0) is 32.3. The van der Waals surface area contributed by atoms with Gasteiger partial charge in [0.2, 0.25) is 0 Å². The Morgan fingerprint density at radius 1 is 0.872 bits per heavy atom. The number of nitrogens with zero attached hydrogens (tertiary/aromatic N) is 7. The van der Waals surface area contributed by atoms with Crippen molar-refractivity contribution in [2.24, 2.45) is 7.05 Å². The molecule has 0 aliphatic rings. The van der Waals surface area contributed by atoms with Crippen molar-refractivity contribution in [1.82, 2.24) is 34.3 Å². The van der Waals surface area contributed by atoms with Crippen LogP contribution in [0.3, 0.4) is 0 Å². The molecule has 5 aromatic heterocycles. The number of hydrogen-bond donors (Lipinski definition) is 2. The molecule has 0 fully saturated rings. The van der Waals surface area contributed by atoms with Crippen molar-refractivity contribution in [3.05, 3.63) is 108 Å². The van der Waals surface area contributed by atoms with Gasteiger partial charge in [0.15, 0.2) is 5.65 Å². The summed E-state index contributed by atoms with van der Waals surface area (Å²) in [6.45, 7) is 0.490. The van der Waals surface area contributed by atoms with Gasteiger partial charge in [0.05, 0.1) is 42.7 Å². The minimum atomic E-state index is 0.490. The second kappa shape index (κ2) is 12.8. The number of fused-ring (bicyclic) bond motifs is 2. The lowest BCUT2D eigenvalue weighted by Gasteiger charge is -2.12. The number of rotatable bonds is 11. The van der Waals surface area contributed by atoms with Crippen LogP contribution in [0, 0.1) is 0 Å². The second-order valence-electron chi connectivity index (χ2n) is 11.3. The molecule has 0 saturated carbocycles. The van der Waals surface area contributed by atoms with Crippen LogP contribution < -0.4 is 20.1 Å². The summed E-state index contributed by atoms with van der Waals surface area (Å²) < 4.78 is 14.9. The third-order valence-corrected chi connectivity index (χ3v) is 8.29. The number of anilines is 2. The SMILES string of the molecule is CNc1ccc2ccc(CCc3cncc(-n4cc(-c5ccn(C)n5)c5c(NCc6ccc(OC)cc6OC)ncnc54)c3)cc2n1. The van der Waals surface area contributed by atoms with Crippen LogP contribution in [0.1, 0.15) is 16.7 Å². The zero-order valence-corrected chi connectivity index (χ0v) is 26.7. The zero-order valence-electron chi connectivity index (χ0n) is 26.7. The summed E-state index contributed by atoms with van der Waals surface area (Å²) in [6.07, 6.45) is 11.1. The van der Waals surface area contributed by atoms with E-state index in [2.05, 4.69) is 61.7 Å². The second-order valence-corrected chi connectivity index (χ2v) is 11.3. The van der Waals surface area contributed by atoms with E-state index in [1.807, 2.05) is 63.0 Å². The van der Waals surface area contributed by atoms with Crippen LogP contribution >= 0.6 is 0 Å². The van der Waals surface area contributed by atoms with Gasteiger partial charge in [-0.1, -0.05) is 12.1 Å². The topological polar surface area (TPSA) is 117 Å². The number of methoxy groups -OCH3 is 2. The molecule has 0 spiro atoms. The molecule has 0 atom stereocenters. The third-order valence-electron chi connectivity index (χ3n) is 8.29. The molecule has 11 heteroatoms. The molecule has 5 heterocycles. The third kappa shape index (κ3) is 6.02. The lowest BCUT2D eigenvalue weighted by atomic mass is 10.0. The molecule has 236 valence electrons. The van der Waals surface area contributed by atoms with Crippen molar-refractivity contribution in [2.45, 2.75) is 19.4 Å². The van der Waals surface area contributed by atoms with Crippen LogP contribution in [0.4, 0.5) is 11.6 Å². The Kier molecular flexibility index (Phi) is 8.09. The van der Waals surface area contributed by atoms with Crippen molar-refractivity contribution < 1.29 is 9.47 Å². The maximum Gasteiger partial charge on any atom is 0.150 e. The quantitative estimate of drug-likeness (QED) is 0.173. The van der Waals surface area contributed by atoms with Gasteiger partial charge in [0.25, 0.3) is 0 Å². The smallest absolute Gasteiger partial charge is 0.150 e. The molecular formula is C36H35N9O2. The summed E-state index contributed by atoms with van der Waals surface area (Å²) in [7, 11) is 7.09. The van der Waals surface area contributed by atoms with Crippen molar-refractivity contribution in [2.75, 3.05) is 31.9 Å². The molecular weight excluding hydrogens is 590 g/mol. The highest BCUT2D eigenvalue weighted by Crippen LogP contribution is 2.35. The minimum absolute atomic E-state index is 0.490. The molecule has 7 rings (SSSR count). The molecule has 0 bridgehead atoms. The first kappa shape index (κ1) is 29.7. The average molecular weight is 626 g/mol. The number of nitrogens with one attached hydrogen (secondary N) is 2. The van der Waals surface area contributed by atoms with E-state index in [4.69, 9.17) is 24.5 Å². The molecule has 0 amide bonds. The van der Waals surface area contributed by atoms with Crippen molar-refractivity contribution in [3.8, 4) is 28.4 Å². The van der Waals surface area contributed by atoms with E-state index in [9.17, 15) is 0 Å². The van der Waals surface area contributed by atoms with Crippen LogP contribution in [0.5, 0.6) is 11.5 Å². The number of benzene rings is 2. The Labute approximate surface area is 272 Å². The van der Waals surface area contributed by atoms with E-state index in [0.29, 0.717) is 12.4 Å². The fourth-order valence-electron chi connectivity index (χ4n) is 5.81. The van der Waals surface area contributed by atoms with Crippen molar-refractivity contribution in [1.29, 1.82) is 0 Å². The Morgan fingerprint density at radius 3 is 2.55 bits per heavy atom. The molecule has 0 saturated heterocycles. The molecule has 2 aromatic carbocycles. The molecule has 0 radical (unpaired) electrons. The van der Waals surface area contributed by atoms with Crippen LogP contribution in [-0.4, -0.2) is 55.6 Å². The van der Waals surface area contributed by atoms with Gasteiger partial charge < -0.3 is 20.1 Å². The van der Waals surface area contributed by atoms with E-state index in [-0.39, 0.29) is 0 Å². The number of aromatic nitrogens is 7. The minimum Gasteiger partial charge on any atom is -0.497 e. The molecule has 7 aromatic rings. The highest BCUT2D eigenvalue weighted by molar-refractivity contribution is 6.01. The van der Waals surface area contributed by atoms with Crippen LogP contribution in [0.15, 0.2) is 91.8 Å². The summed E-state index contributed by atoms with van der Waals surface area (Å²) in [4.78, 5) is 18.7.